The quantitative estimate of drug-likeness (QED) is 0.672. The molecule has 13 heavy (non-hydrogen) atoms. The second kappa shape index (κ2) is 3.31. The minimum absolute atomic E-state index is 0.258. The lowest BCUT2D eigenvalue weighted by Gasteiger charge is -1.99. The van der Waals surface area contributed by atoms with Gasteiger partial charge in [0, 0.05) is 10.9 Å². The molecule has 0 saturated carbocycles. The molecule has 0 aliphatic rings. The first kappa shape index (κ1) is 7.86. The Morgan fingerprint density at radius 1 is 1.38 bits per heavy atom. The number of hydrogen-bond donors (Lipinski definition) is 0. The number of furan rings is 1. The van der Waals surface area contributed by atoms with Crippen molar-refractivity contribution in [2.75, 3.05) is 0 Å². The molecule has 1 aromatic heterocycles. The number of carbonyl (C=O) groups is 1. The number of carbonyl (C=O) groups excluding carboxylic acids is 1. The number of ether oxygens (including phenoxy) is 1. The maximum Gasteiger partial charge on any atom is 0.293 e. The fourth-order valence-corrected chi connectivity index (χ4v) is 1.29. The Hall–Kier alpha value is -1.77. The van der Waals surface area contributed by atoms with E-state index in [2.05, 4.69) is 4.74 Å². The Bertz CT molecular complexity index is 417. The largest absolute Gasteiger partial charge is 0.464 e. The summed E-state index contributed by atoms with van der Waals surface area (Å²) >= 11 is 0. The fraction of sp³-hybridized carbons (Fsp3) is 0.100. The highest BCUT2D eigenvalue weighted by molar-refractivity contribution is 5.80. The Balaban J connectivity index is 2.42. The molecular weight excluding hydrogens is 168 g/mol. The van der Waals surface area contributed by atoms with Crippen LogP contribution in [0.2, 0.25) is 0 Å². The molecule has 0 fully saturated rings. The van der Waals surface area contributed by atoms with Gasteiger partial charge in [0.05, 0.1) is 6.26 Å². The molecule has 0 bridgehead atoms. The van der Waals surface area contributed by atoms with Crippen LogP contribution >= 0.6 is 0 Å². The van der Waals surface area contributed by atoms with E-state index in [1.54, 1.807) is 6.26 Å². The van der Waals surface area contributed by atoms with Gasteiger partial charge in [0.2, 0.25) is 0 Å². The van der Waals surface area contributed by atoms with Crippen molar-refractivity contribution in [1.82, 2.24) is 0 Å². The number of rotatable bonds is 3. The highest BCUT2D eigenvalue weighted by Crippen LogP contribution is 2.19. The summed E-state index contributed by atoms with van der Waals surface area (Å²) in [6, 6.07) is 7.60. The highest BCUT2D eigenvalue weighted by atomic mass is 16.5. The first-order valence-corrected chi connectivity index (χ1v) is 3.92. The standard InChI is InChI=1S/C10H8O3/c11-7-12-6-9-3-1-2-8-4-5-13-10(8)9/h1-5,7H,6H2. The zero-order chi connectivity index (χ0) is 9.10. The summed E-state index contributed by atoms with van der Waals surface area (Å²) in [6.45, 7) is 0.691. The molecule has 3 nitrogen and oxygen atoms in total. The van der Waals surface area contributed by atoms with Crippen molar-refractivity contribution >= 4 is 17.4 Å². The van der Waals surface area contributed by atoms with Crippen LogP contribution in [-0.4, -0.2) is 6.47 Å². The summed E-state index contributed by atoms with van der Waals surface area (Å²) < 4.78 is 9.91. The second-order valence-corrected chi connectivity index (χ2v) is 2.66. The summed E-state index contributed by atoms with van der Waals surface area (Å²) in [4.78, 5) is 10.00. The third-order valence-electron chi connectivity index (χ3n) is 1.87. The van der Waals surface area contributed by atoms with Crippen molar-refractivity contribution in [3.05, 3.63) is 36.1 Å². The van der Waals surface area contributed by atoms with Gasteiger partial charge < -0.3 is 9.15 Å². The van der Waals surface area contributed by atoms with Crippen LogP contribution < -0.4 is 0 Å². The Morgan fingerprint density at radius 3 is 3.15 bits per heavy atom. The molecule has 0 N–H and O–H groups in total. The topological polar surface area (TPSA) is 39.4 Å². The third-order valence-corrected chi connectivity index (χ3v) is 1.87. The first-order valence-electron chi connectivity index (χ1n) is 3.92. The predicted molar refractivity (Wildman–Crippen MR) is 47.1 cm³/mol. The van der Waals surface area contributed by atoms with Gasteiger partial charge in [0.25, 0.3) is 6.47 Å². The average Bonchev–Trinajstić information content (AvgIpc) is 2.62. The van der Waals surface area contributed by atoms with E-state index in [4.69, 9.17) is 4.42 Å². The molecule has 0 radical (unpaired) electrons. The van der Waals surface area contributed by atoms with Crippen molar-refractivity contribution in [3.8, 4) is 0 Å². The molecule has 66 valence electrons. The van der Waals surface area contributed by atoms with E-state index >= 15 is 0 Å². The number of benzene rings is 1. The fourth-order valence-electron chi connectivity index (χ4n) is 1.29. The molecule has 2 rings (SSSR count). The normalized spacial score (nSPS) is 10.2. The van der Waals surface area contributed by atoms with Gasteiger partial charge in [-0.1, -0.05) is 18.2 Å². The average molecular weight is 176 g/mol. The Labute approximate surface area is 74.9 Å². The minimum atomic E-state index is 0.258. The molecule has 1 aromatic carbocycles. The van der Waals surface area contributed by atoms with E-state index in [0.717, 1.165) is 16.5 Å². The van der Waals surface area contributed by atoms with Crippen LogP contribution in [0.25, 0.3) is 11.0 Å². The summed E-state index contributed by atoms with van der Waals surface area (Å²) in [5, 5.41) is 1.02. The van der Waals surface area contributed by atoms with E-state index < -0.39 is 0 Å². The summed E-state index contributed by atoms with van der Waals surface area (Å²) in [6.07, 6.45) is 1.62. The van der Waals surface area contributed by atoms with Gasteiger partial charge in [-0.2, -0.15) is 0 Å². The molecular formula is C10H8O3. The van der Waals surface area contributed by atoms with Crippen LogP contribution in [0.1, 0.15) is 5.56 Å². The van der Waals surface area contributed by atoms with Gasteiger partial charge in [-0.3, -0.25) is 4.79 Å². The number of para-hydroxylation sites is 1. The van der Waals surface area contributed by atoms with Crippen molar-refractivity contribution < 1.29 is 13.9 Å². The lowest BCUT2D eigenvalue weighted by atomic mass is 10.2. The van der Waals surface area contributed by atoms with E-state index in [0.29, 0.717) is 6.47 Å². The summed E-state index contributed by atoms with van der Waals surface area (Å²) in [5.74, 6) is 0. The zero-order valence-electron chi connectivity index (χ0n) is 6.90. The molecule has 0 aliphatic heterocycles. The monoisotopic (exact) mass is 176 g/mol. The van der Waals surface area contributed by atoms with Crippen LogP contribution in [0.5, 0.6) is 0 Å². The second-order valence-electron chi connectivity index (χ2n) is 2.66. The number of hydrogen-bond acceptors (Lipinski definition) is 3. The van der Waals surface area contributed by atoms with Gasteiger partial charge in [-0.15, -0.1) is 0 Å². The van der Waals surface area contributed by atoms with E-state index in [1.165, 1.54) is 0 Å². The van der Waals surface area contributed by atoms with E-state index in [1.807, 2.05) is 24.3 Å². The molecule has 0 atom stereocenters. The van der Waals surface area contributed by atoms with E-state index in [-0.39, 0.29) is 6.61 Å². The highest BCUT2D eigenvalue weighted by Gasteiger charge is 2.02. The maximum absolute atomic E-state index is 10.00. The minimum Gasteiger partial charge on any atom is -0.464 e. The van der Waals surface area contributed by atoms with Crippen molar-refractivity contribution in [1.29, 1.82) is 0 Å². The molecule has 0 spiro atoms. The third kappa shape index (κ3) is 1.40. The van der Waals surface area contributed by atoms with Crippen LogP contribution in [0, 0.1) is 0 Å². The molecule has 0 saturated heterocycles. The van der Waals surface area contributed by atoms with Crippen LogP contribution in [0.4, 0.5) is 0 Å². The van der Waals surface area contributed by atoms with Gasteiger partial charge >= 0.3 is 0 Å². The molecule has 0 aliphatic carbocycles. The molecule has 1 heterocycles. The summed E-state index contributed by atoms with van der Waals surface area (Å²) in [5.41, 5.74) is 1.67. The number of fused-ring (bicyclic) bond motifs is 1. The smallest absolute Gasteiger partial charge is 0.293 e. The van der Waals surface area contributed by atoms with Crippen molar-refractivity contribution in [2.24, 2.45) is 0 Å². The van der Waals surface area contributed by atoms with Crippen molar-refractivity contribution in [3.63, 3.8) is 0 Å². The van der Waals surface area contributed by atoms with Crippen LogP contribution in [-0.2, 0) is 16.1 Å². The maximum atomic E-state index is 10.00. The lowest BCUT2D eigenvalue weighted by molar-refractivity contribution is -0.129. The van der Waals surface area contributed by atoms with Crippen LogP contribution in [0.15, 0.2) is 34.9 Å². The zero-order valence-corrected chi connectivity index (χ0v) is 6.90. The molecule has 2 aromatic rings. The van der Waals surface area contributed by atoms with Gasteiger partial charge in [-0.25, -0.2) is 0 Å². The van der Waals surface area contributed by atoms with E-state index in [9.17, 15) is 4.79 Å². The molecule has 0 unspecified atom stereocenters. The van der Waals surface area contributed by atoms with Gasteiger partial charge in [0.1, 0.15) is 12.2 Å². The molecule has 3 heteroatoms. The Morgan fingerprint density at radius 2 is 2.31 bits per heavy atom. The predicted octanol–water partition coefficient (Wildman–Crippen LogP) is 2.11. The van der Waals surface area contributed by atoms with Gasteiger partial charge in [-0.05, 0) is 6.07 Å². The SMILES string of the molecule is O=COCc1cccc2ccoc12. The summed E-state index contributed by atoms with van der Waals surface area (Å²) in [7, 11) is 0. The molecule has 0 amide bonds. The van der Waals surface area contributed by atoms with Crippen LogP contribution in [0.3, 0.4) is 0 Å². The first-order chi connectivity index (χ1) is 6.42. The van der Waals surface area contributed by atoms with Crippen molar-refractivity contribution in [2.45, 2.75) is 6.61 Å². The Kier molecular flexibility index (Phi) is 2.00. The van der Waals surface area contributed by atoms with Gasteiger partial charge in [0.15, 0.2) is 0 Å². The lowest BCUT2D eigenvalue weighted by Crippen LogP contribution is -1.89.